The molecule has 0 spiro atoms. The van der Waals surface area contributed by atoms with Gasteiger partial charge in [0.15, 0.2) is 5.82 Å². The van der Waals surface area contributed by atoms with Crippen LogP contribution in [-0.4, -0.2) is 15.7 Å². The summed E-state index contributed by atoms with van der Waals surface area (Å²) in [4.78, 5) is 11.1. The predicted molar refractivity (Wildman–Crippen MR) is 76.1 cm³/mol. The minimum absolute atomic E-state index is 0.155. The van der Waals surface area contributed by atoms with Gasteiger partial charge in [0.25, 0.3) is 0 Å². The number of rotatable bonds is 1. The number of anilines is 1. The van der Waals surface area contributed by atoms with Gasteiger partial charge in [-0.1, -0.05) is 31.5 Å². The summed E-state index contributed by atoms with van der Waals surface area (Å²) in [6.45, 7) is 7.43. The zero-order valence-corrected chi connectivity index (χ0v) is 12.1. The van der Waals surface area contributed by atoms with Crippen molar-refractivity contribution >= 4 is 34.2 Å². The lowest BCUT2D eigenvalue weighted by atomic mass is 10.1. The van der Waals surface area contributed by atoms with E-state index in [4.69, 9.17) is 11.6 Å². The molecule has 2 rings (SSSR count). The van der Waals surface area contributed by atoms with Crippen molar-refractivity contribution in [3.63, 3.8) is 0 Å². The Kier molecular flexibility index (Phi) is 4.73. The summed E-state index contributed by atoms with van der Waals surface area (Å²) in [6.07, 6.45) is 0. The smallest absolute Gasteiger partial charge is 0.222 e. The molecule has 0 unspecified atom stereocenters. The van der Waals surface area contributed by atoms with E-state index in [1.807, 2.05) is 40.0 Å². The second kappa shape index (κ2) is 5.87. The highest BCUT2D eigenvalue weighted by Gasteiger charge is 2.14. The van der Waals surface area contributed by atoms with Gasteiger partial charge in [-0.3, -0.25) is 9.48 Å². The van der Waals surface area contributed by atoms with Crippen LogP contribution in [-0.2, 0) is 11.8 Å². The lowest BCUT2D eigenvalue weighted by Crippen LogP contribution is -2.06. The molecular weight excluding hydrogens is 250 g/mol. The van der Waals surface area contributed by atoms with Gasteiger partial charge in [-0.05, 0) is 18.6 Å². The molecule has 0 bridgehead atoms. The third-order valence-electron chi connectivity index (χ3n) is 2.43. The average Bonchev–Trinajstić information content (AvgIpc) is 2.64. The van der Waals surface area contributed by atoms with E-state index in [0.29, 0.717) is 10.8 Å². The molecule has 5 heteroatoms. The summed E-state index contributed by atoms with van der Waals surface area (Å²) in [5, 5.41) is 8.32. The molecule has 0 aliphatic rings. The Labute approximate surface area is 112 Å². The highest BCUT2D eigenvalue weighted by atomic mass is 35.5. The molecule has 98 valence electrons. The maximum absolute atomic E-state index is 11.1. The Morgan fingerprint density at radius 3 is 2.56 bits per heavy atom. The van der Waals surface area contributed by atoms with Crippen LogP contribution in [0, 0.1) is 6.92 Å². The Bertz CT molecular complexity index is 575. The van der Waals surface area contributed by atoms with Gasteiger partial charge in [0.05, 0.1) is 15.9 Å². The fraction of sp³-hybridized carbons (Fsp3) is 0.385. The summed E-state index contributed by atoms with van der Waals surface area (Å²) < 4.78 is 1.72. The van der Waals surface area contributed by atoms with Crippen molar-refractivity contribution < 1.29 is 4.79 Å². The first-order valence-electron chi connectivity index (χ1n) is 5.90. The highest BCUT2D eigenvalue weighted by Crippen LogP contribution is 2.31. The van der Waals surface area contributed by atoms with Crippen molar-refractivity contribution in [2.24, 2.45) is 7.05 Å². The molecule has 0 aliphatic carbocycles. The normalized spacial score (nSPS) is 9.89. The molecule has 0 radical (unpaired) electrons. The maximum atomic E-state index is 11.1. The van der Waals surface area contributed by atoms with E-state index in [1.54, 1.807) is 4.68 Å². The molecule has 18 heavy (non-hydrogen) atoms. The molecule has 0 saturated heterocycles. The fourth-order valence-electron chi connectivity index (χ4n) is 1.82. The number of halogens is 1. The number of carbonyl (C=O) groups is 1. The van der Waals surface area contributed by atoms with E-state index in [2.05, 4.69) is 10.4 Å². The number of carbonyl (C=O) groups excluding carboxylic acids is 1. The van der Waals surface area contributed by atoms with Crippen molar-refractivity contribution in [2.75, 3.05) is 5.32 Å². The second-order valence-electron chi connectivity index (χ2n) is 3.74. The van der Waals surface area contributed by atoms with Crippen LogP contribution >= 0.6 is 11.6 Å². The van der Waals surface area contributed by atoms with Gasteiger partial charge in [-0.25, -0.2) is 0 Å². The topological polar surface area (TPSA) is 46.9 Å². The SMILES string of the molecule is CC.CC(=O)Nc1nn(C)c2c(C)ccc(Cl)c12. The van der Waals surface area contributed by atoms with E-state index in [0.717, 1.165) is 16.5 Å². The van der Waals surface area contributed by atoms with Crippen LogP contribution in [0.25, 0.3) is 10.9 Å². The van der Waals surface area contributed by atoms with Crippen LogP contribution in [0.2, 0.25) is 5.02 Å². The van der Waals surface area contributed by atoms with Crippen LogP contribution in [0.4, 0.5) is 5.82 Å². The number of benzene rings is 1. The molecule has 0 atom stereocenters. The zero-order valence-electron chi connectivity index (χ0n) is 11.3. The largest absolute Gasteiger partial charge is 0.309 e. The van der Waals surface area contributed by atoms with Gasteiger partial charge in [-0.2, -0.15) is 5.10 Å². The van der Waals surface area contributed by atoms with Crippen LogP contribution in [0.1, 0.15) is 26.3 Å². The number of aromatic nitrogens is 2. The van der Waals surface area contributed by atoms with E-state index < -0.39 is 0 Å². The van der Waals surface area contributed by atoms with E-state index in [9.17, 15) is 4.79 Å². The summed E-state index contributed by atoms with van der Waals surface area (Å²) in [5.41, 5.74) is 2.02. The molecule has 1 aromatic carbocycles. The van der Waals surface area contributed by atoms with Crippen LogP contribution in [0.3, 0.4) is 0 Å². The van der Waals surface area contributed by atoms with E-state index in [1.165, 1.54) is 6.92 Å². The molecular formula is C13H18ClN3O. The van der Waals surface area contributed by atoms with Crippen molar-refractivity contribution in [1.29, 1.82) is 0 Å². The predicted octanol–water partition coefficient (Wildman–Crippen LogP) is 3.52. The summed E-state index contributed by atoms with van der Waals surface area (Å²) >= 11 is 6.13. The monoisotopic (exact) mass is 267 g/mol. The van der Waals surface area contributed by atoms with Crippen molar-refractivity contribution in [3.8, 4) is 0 Å². The molecule has 4 nitrogen and oxygen atoms in total. The van der Waals surface area contributed by atoms with Crippen molar-refractivity contribution in [2.45, 2.75) is 27.7 Å². The number of hydrogen-bond donors (Lipinski definition) is 1. The highest BCUT2D eigenvalue weighted by molar-refractivity contribution is 6.36. The van der Waals surface area contributed by atoms with Crippen LogP contribution < -0.4 is 5.32 Å². The first-order valence-corrected chi connectivity index (χ1v) is 6.28. The van der Waals surface area contributed by atoms with Gasteiger partial charge in [0.2, 0.25) is 5.91 Å². The van der Waals surface area contributed by atoms with Gasteiger partial charge in [0.1, 0.15) is 0 Å². The minimum atomic E-state index is -0.155. The van der Waals surface area contributed by atoms with Gasteiger partial charge in [0, 0.05) is 14.0 Å². The lowest BCUT2D eigenvalue weighted by Gasteiger charge is -2.01. The lowest BCUT2D eigenvalue weighted by molar-refractivity contribution is -0.114. The molecule has 1 heterocycles. The van der Waals surface area contributed by atoms with Crippen molar-refractivity contribution in [3.05, 3.63) is 22.7 Å². The van der Waals surface area contributed by atoms with E-state index >= 15 is 0 Å². The van der Waals surface area contributed by atoms with E-state index in [-0.39, 0.29) is 5.91 Å². The summed E-state index contributed by atoms with van der Waals surface area (Å²) in [7, 11) is 1.83. The summed E-state index contributed by atoms with van der Waals surface area (Å²) in [5.74, 6) is 0.358. The Balaban J connectivity index is 0.000000771. The standard InChI is InChI=1S/C11H12ClN3O.C2H6/c1-6-4-5-8(12)9-10(6)15(3)14-11(9)13-7(2)16;1-2/h4-5H,1-3H3,(H,13,14,16);1-2H3. The number of aryl methyl sites for hydroxylation is 2. The number of nitrogens with zero attached hydrogens (tertiary/aromatic N) is 2. The Hall–Kier alpha value is -1.55. The van der Waals surface area contributed by atoms with Gasteiger partial charge in [-0.15, -0.1) is 0 Å². The first kappa shape index (κ1) is 14.5. The molecule has 2 aromatic rings. The van der Waals surface area contributed by atoms with Gasteiger partial charge < -0.3 is 5.32 Å². The molecule has 1 amide bonds. The second-order valence-corrected chi connectivity index (χ2v) is 4.15. The third-order valence-corrected chi connectivity index (χ3v) is 2.75. The Morgan fingerprint density at radius 1 is 1.39 bits per heavy atom. The fourth-order valence-corrected chi connectivity index (χ4v) is 2.06. The quantitative estimate of drug-likeness (QED) is 0.859. The maximum Gasteiger partial charge on any atom is 0.222 e. The Morgan fingerprint density at radius 2 is 2.00 bits per heavy atom. The summed E-state index contributed by atoms with van der Waals surface area (Å²) in [6, 6.07) is 3.75. The zero-order chi connectivity index (χ0) is 13.9. The number of nitrogens with one attached hydrogen (secondary N) is 1. The van der Waals surface area contributed by atoms with Crippen molar-refractivity contribution in [1.82, 2.24) is 9.78 Å². The molecule has 0 saturated carbocycles. The van der Waals surface area contributed by atoms with Crippen LogP contribution in [0.15, 0.2) is 12.1 Å². The number of fused-ring (bicyclic) bond motifs is 1. The number of hydrogen-bond acceptors (Lipinski definition) is 2. The molecule has 0 aliphatic heterocycles. The molecule has 1 aromatic heterocycles. The molecule has 0 fully saturated rings. The van der Waals surface area contributed by atoms with Crippen LogP contribution in [0.5, 0.6) is 0 Å². The first-order chi connectivity index (χ1) is 8.50. The third kappa shape index (κ3) is 2.64. The minimum Gasteiger partial charge on any atom is -0.309 e. The van der Waals surface area contributed by atoms with Gasteiger partial charge >= 0.3 is 0 Å². The number of amides is 1. The molecule has 1 N–H and O–H groups in total. The average molecular weight is 268 g/mol.